The van der Waals surface area contributed by atoms with Gasteiger partial charge in [-0.1, -0.05) is 0 Å². The predicted molar refractivity (Wildman–Crippen MR) is 47.4 cm³/mol. The van der Waals surface area contributed by atoms with Crippen molar-refractivity contribution in [1.29, 1.82) is 0 Å². The lowest BCUT2D eigenvalue weighted by atomic mass is 10.2. The van der Waals surface area contributed by atoms with Crippen LogP contribution in [-0.4, -0.2) is 26.0 Å². The molecule has 1 aromatic heterocycles. The van der Waals surface area contributed by atoms with Crippen molar-refractivity contribution >= 4 is 19.7 Å². The van der Waals surface area contributed by atoms with E-state index < -0.39 is 0 Å². The van der Waals surface area contributed by atoms with Gasteiger partial charge in [0, 0.05) is 18.9 Å². The van der Waals surface area contributed by atoms with Crippen molar-refractivity contribution in [2.75, 3.05) is 12.3 Å². The number of hydrogen-bond donors (Lipinski definition) is 1. The first kappa shape index (κ1) is 8.74. The van der Waals surface area contributed by atoms with Gasteiger partial charge in [-0.3, -0.25) is 4.79 Å². The second-order valence-corrected chi connectivity index (χ2v) is 2.20. The van der Waals surface area contributed by atoms with Crippen molar-refractivity contribution < 1.29 is 9.45 Å². The van der Waals surface area contributed by atoms with Crippen molar-refractivity contribution in [2.24, 2.45) is 0 Å². The van der Waals surface area contributed by atoms with Crippen molar-refractivity contribution in [3.63, 3.8) is 0 Å². The van der Waals surface area contributed by atoms with Gasteiger partial charge in [0.05, 0.1) is 0 Å². The molecule has 1 rings (SSSR count). The zero-order valence-electron chi connectivity index (χ0n) is 6.78. The third-order valence-corrected chi connectivity index (χ3v) is 1.32. The van der Waals surface area contributed by atoms with Gasteiger partial charge in [-0.2, -0.15) is 0 Å². The van der Waals surface area contributed by atoms with Gasteiger partial charge < -0.3 is 9.88 Å². The van der Waals surface area contributed by atoms with E-state index in [1.54, 1.807) is 25.4 Å². The molecule has 0 radical (unpaired) electrons. The topological polar surface area (TPSA) is 51.2 Å². The summed E-state index contributed by atoms with van der Waals surface area (Å²) in [6.45, 7) is 0. The number of anilines is 1. The summed E-state index contributed by atoms with van der Waals surface area (Å²) < 4.78 is 4.78. The Morgan fingerprint density at radius 3 is 3.25 bits per heavy atom. The summed E-state index contributed by atoms with van der Waals surface area (Å²) in [5.74, 6) is 0.640. The van der Waals surface area contributed by atoms with Crippen LogP contribution < -0.4 is 5.23 Å². The fraction of sp³-hybridized carbons (Fsp3) is 0.143. The molecule has 62 valence electrons. The van der Waals surface area contributed by atoms with Crippen LogP contribution >= 0.6 is 0 Å². The Bertz CT molecular complexity index is 267. The molecule has 0 aliphatic heterocycles. The van der Waals surface area contributed by atoms with Gasteiger partial charge in [0.15, 0.2) is 0 Å². The third-order valence-electron chi connectivity index (χ3n) is 1.32. The Hall–Kier alpha value is -1.36. The molecule has 4 nitrogen and oxygen atoms in total. The van der Waals surface area contributed by atoms with E-state index in [0.717, 1.165) is 6.29 Å². The number of hydrogen-bond acceptors (Lipinski definition) is 4. The lowest BCUT2D eigenvalue weighted by Crippen LogP contribution is -2.09. The number of nitrogens with zero attached hydrogens (tertiary/aromatic N) is 1. The second kappa shape index (κ2) is 4.51. The maximum absolute atomic E-state index is 10.3. The van der Waals surface area contributed by atoms with Crippen LogP contribution in [0.2, 0.25) is 0 Å². The van der Waals surface area contributed by atoms with E-state index in [0.29, 0.717) is 19.0 Å². The minimum Gasteiger partial charge on any atom is -0.422 e. The lowest BCUT2D eigenvalue weighted by Gasteiger charge is -2.01. The number of pyridine rings is 1. The number of carbonyl (C=O) groups is 1. The van der Waals surface area contributed by atoms with Crippen LogP contribution in [0.25, 0.3) is 0 Å². The fourth-order valence-electron chi connectivity index (χ4n) is 0.763. The molecule has 0 spiro atoms. The SMILES string of the molecule is COBNc1cc(C=O)ccn1. The summed E-state index contributed by atoms with van der Waals surface area (Å²) in [7, 11) is 1.96. The van der Waals surface area contributed by atoms with Gasteiger partial charge in [0.1, 0.15) is 12.1 Å². The molecule has 5 heteroatoms. The molecule has 0 fully saturated rings. The van der Waals surface area contributed by atoms with E-state index in [4.69, 9.17) is 4.65 Å². The summed E-state index contributed by atoms with van der Waals surface area (Å²) >= 11 is 0. The molecule has 0 saturated heterocycles. The lowest BCUT2D eigenvalue weighted by molar-refractivity contribution is 0.112. The Labute approximate surface area is 71.3 Å². The minimum absolute atomic E-state index is 0.384. The average molecular weight is 164 g/mol. The Kier molecular flexibility index (Phi) is 3.28. The third kappa shape index (κ3) is 2.36. The van der Waals surface area contributed by atoms with Gasteiger partial charge in [-0.15, -0.1) is 0 Å². The maximum atomic E-state index is 10.3. The molecule has 0 aliphatic rings. The van der Waals surface area contributed by atoms with Crippen molar-refractivity contribution in [3.05, 3.63) is 23.9 Å². The summed E-state index contributed by atoms with van der Waals surface area (Å²) in [4.78, 5) is 14.3. The smallest absolute Gasteiger partial charge is 0.395 e. The molecule has 0 aromatic carbocycles. The molecule has 0 amide bonds. The number of rotatable bonds is 4. The van der Waals surface area contributed by atoms with Gasteiger partial charge in [0.2, 0.25) is 0 Å². The maximum Gasteiger partial charge on any atom is 0.395 e. The van der Waals surface area contributed by atoms with Gasteiger partial charge in [-0.05, 0) is 12.1 Å². The normalized spacial score (nSPS) is 9.08. The van der Waals surface area contributed by atoms with Crippen LogP contribution in [0.1, 0.15) is 10.4 Å². The monoisotopic (exact) mass is 164 g/mol. The highest BCUT2D eigenvalue weighted by atomic mass is 16.4. The highest BCUT2D eigenvalue weighted by molar-refractivity contribution is 6.32. The van der Waals surface area contributed by atoms with Crippen LogP contribution in [0.4, 0.5) is 5.82 Å². The van der Waals surface area contributed by atoms with Crippen molar-refractivity contribution in [3.8, 4) is 0 Å². The summed E-state index contributed by atoms with van der Waals surface area (Å²) in [5.41, 5.74) is 0.601. The first-order chi connectivity index (χ1) is 5.86. The second-order valence-electron chi connectivity index (χ2n) is 2.20. The highest BCUT2D eigenvalue weighted by Gasteiger charge is 1.95. The van der Waals surface area contributed by atoms with Crippen LogP contribution in [0.3, 0.4) is 0 Å². The van der Waals surface area contributed by atoms with E-state index >= 15 is 0 Å². The molecule has 0 bridgehead atoms. The Morgan fingerprint density at radius 2 is 2.58 bits per heavy atom. The zero-order valence-corrected chi connectivity index (χ0v) is 6.78. The molecular weight excluding hydrogens is 155 g/mol. The minimum atomic E-state index is 0.384. The first-order valence-corrected chi connectivity index (χ1v) is 3.51. The summed E-state index contributed by atoms with van der Waals surface area (Å²) in [5, 5.41) is 2.88. The zero-order chi connectivity index (χ0) is 8.81. The fourth-order valence-corrected chi connectivity index (χ4v) is 0.763. The molecule has 0 aliphatic carbocycles. The first-order valence-electron chi connectivity index (χ1n) is 3.51. The van der Waals surface area contributed by atoms with E-state index in [1.165, 1.54) is 0 Å². The largest absolute Gasteiger partial charge is 0.422 e. The van der Waals surface area contributed by atoms with Crippen LogP contribution in [-0.2, 0) is 4.65 Å². The number of carbonyl (C=O) groups excluding carboxylic acids is 1. The highest BCUT2D eigenvalue weighted by Crippen LogP contribution is 2.02. The van der Waals surface area contributed by atoms with E-state index in [1.807, 2.05) is 0 Å². The molecule has 1 N–H and O–H groups in total. The molecule has 0 unspecified atom stereocenters. The number of aldehydes is 1. The van der Waals surface area contributed by atoms with E-state index in [9.17, 15) is 4.79 Å². The summed E-state index contributed by atoms with van der Waals surface area (Å²) in [6.07, 6.45) is 2.35. The van der Waals surface area contributed by atoms with Crippen LogP contribution in [0.15, 0.2) is 18.3 Å². The quantitative estimate of drug-likeness (QED) is 0.510. The van der Waals surface area contributed by atoms with Gasteiger partial charge in [-0.25, -0.2) is 4.98 Å². The Morgan fingerprint density at radius 1 is 1.75 bits per heavy atom. The van der Waals surface area contributed by atoms with Gasteiger partial charge in [0.25, 0.3) is 0 Å². The average Bonchev–Trinajstić information content (AvgIpc) is 2.15. The predicted octanol–water partition coefficient (Wildman–Crippen LogP) is 0.219. The van der Waals surface area contributed by atoms with Crippen LogP contribution in [0, 0.1) is 0 Å². The number of aromatic nitrogens is 1. The summed E-state index contributed by atoms with van der Waals surface area (Å²) in [6, 6.07) is 3.30. The molecule has 1 aromatic rings. The standard InChI is InChI=1S/C7H9BN2O2/c1-12-8-10-7-4-6(5-11)2-3-9-7/h2-5,8H,1H3,(H,9,10). The number of nitrogens with one attached hydrogen (secondary N) is 1. The van der Waals surface area contributed by atoms with E-state index in [-0.39, 0.29) is 0 Å². The van der Waals surface area contributed by atoms with Crippen molar-refractivity contribution in [2.45, 2.75) is 0 Å². The van der Waals surface area contributed by atoms with E-state index in [2.05, 4.69) is 10.2 Å². The molecular formula is C7H9BN2O2. The van der Waals surface area contributed by atoms with Gasteiger partial charge >= 0.3 is 7.62 Å². The molecule has 0 saturated carbocycles. The molecule has 1 heterocycles. The molecule has 12 heavy (non-hydrogen) atoms. The van der Waals surface area contributed by atoms with Crippen molar-refractivity contribution in [1.82, 2.24) is 4.98 Å². The Balaban J connectivity index is 2.66. The molecule has 0 atom stereocenters. The van der Waals surface area contributed by atoms with Crippen LogP contribution in [0.5, 0.6) is 0 Å².